The molecule has 0 aromatic heterocycles. The molecule has 0 saturated carbocycles. The highest BCUT2D eigenvalue weighted by molar-refractivity contribution is 9.09. The van der Waals surface area contributed by atoms with Gasteiger partial charge in [0.1, 0.15) is 0 Å². The van der Waals surface area contributed by atoms with Crippen molar-refractivity contribution in [1.82, 2.24) is 4.90 Å². The minimum absolute atomic E-state index is 0.0664. The van der Waals surface area contributed by atoms with E-state index in [0.29, 0.717) is 11.9 Å². The number of halogens is 4. The van der Waals surface area contributed by atoms with Gasteiger partial charge in [-0.1, -0.05) is 15.9 Å². The van der Waals surface area contributed by atoms with Crippen molar-refractivity contribution in [3.63, 3.8) is 0 Å². The highest BCUT2D eigenvalue weighted by atomic mass is 79.9. The molecule has 0 atom stereocenters. The lowest BCUT2D eigenvalue weighted by atomic mass is 10.2. The molecule has 0 aliphatic heterocycles. The maximum Gasteiger partial charge on any atom is 0.389 e. The van der Waals surface area contributed by atoms with Crippen LogP contribution in [0.2, 0.25) is 0 Å². The second-order valence-electron chi connectivity index (χ2n) is 3.49. The second-order valence-corrected chi connectivity index (χ2v) is 4.28. The van der Waals surface area contributed by atoms with Crippen molar-refractivity contribution < 1.29 is 18.0 Å². The van der Waals surface area contributed by atoms with Crippen molar-refractivity contribution in [3.8, 4) is 0 Å². The Bertz CT molecular complexity index is 206. The summed E-state index contributed by atoms with van der Waals surface area (Å²) in [5, 5.41) is 0.572. The molecular formula is C9H15BrF3NO. The normalized spacial score (nSPS) is 11.9. The van der Waals surface area contributed by atoms with Crippen LogP contribution in [0.5, 0.6) is 0 Å². The van der Waals surface area contributed by atoms with Crippen LogP contribution >= 0.6 is 15.9 Å². The molecule has 0 radical (unpaired) electrons. The second kappa shape index (κ2) is 6.35. The molecule has 0 aliphatic carbocycles. The summed E-state index contributed by atoms with van der Waals surface area (Å²) in [4.78, 5) is 12.9. The highest BCUT2D eigenvalue weighted by Crippen LogP contribution is 2.22. The SMILES string of the molecule is CC(C)N(CCBr)C(=O)CCC(F)(F)F. The summed E-state index contributed by atoms with van der Waals surface area (Å²) in [5.74, 6) is -0.443. The molecule has 0 aromatic carbocycles. The molecule has 90 valence electrons. The van der Waals surface area contributed by atoms with E-state index in [2.05, 4.69) is 15.9 Å². The Hall–Kier alpha value is -0.260. The predicted molar refractivity (Wildman–Crippen MR) is 55.9 cm³/mol. The minimum atomic E-state index is -4.26. The van der Waals surface area contributed by atoms with Gasteiger partial charge in [-0.2, -0.15) is 13.2 Å². The molecule has 0 N–H and O–H groups in total. The van der Waals surface area contributed by atoms with E-state index < -0.39 is 24.9 Å². The van der Waals surface area contributed by atoms with E-state index in [4.69, 9.17) is 0 Å². The van der Waals surface area contributed by atoms with Gasteiger partial charge in [0.05, 0.1) is 6.42 Å². The summed E-state index contributed by atoms with van der Waals surface area (Å²) in [6, 6.07) is -0.0664. The Balaban J connectivity index is 4.15. The number of amides is 1. The first kappa shape index (κ1) is 14.7. The Labute approximate surface area is 95.9 Å². The number of hydrogen-bond acceptors (Lipinski definition) is 1. The minimum Gasteiger partial charge on any atom is -0.339 e. The van der Waals surface area contributed by atoms with Gasteiger partial charge >= 0.3 is 6.18 Å². The van der Waals surface area contributed by atoms with Crippen molar-refractivity contribution in [2.24, 2.45) is 0 Å². The molecule has 0 aliphatic rings. The zero-order valence-corrected chi connectivity index (χ0v) is 10.4. The van der Waals surface area contributed by atoms with Gasteiger partial charge in [-0.15, -0.1) is 0 Å². The van der Waals surface area contributed by atoms with Gasteiger partial charge in [-0.3, -0.25) is 4.79 Å². The summed E-state index contributed by atoms with van der Waals surface area (Å²) in [6.45, 7) is 4.01. The zero-order chi connectivity index (χ0) is 12.1. The molecule has 0 rings (SSSR count). The van der Waals surface area contributed by atoms with Gasteiger partial charge in [0, 0.05) is 24.3 Å². The van der Waals surface area contributed by atoms with E-state index in [1.807, 2.05) is 0 Å². The van der Waals surface area contributed by atoms with Crippen LogP contribution in [0.15, 0.2) is 0 Å². The largest absolute Gasteiger partial charge is 0.389 e. The summed E-state index contributed by atoms with van der Waals surface area (Å²) in [7, 11) is 0. The monoisotopic (exact) mass is 289 g/mol. The third-order valence-electron chi connectivity index (χ3n) is 1.89. The Kier molecular flexibility index (Phi) is 6.24. The lowest BCUT2D eigenvalue weighted by Crippen LogP contribution is -2.38. The third kappa shape index (κ3) is 6.76. The van der Waals surface area contributed by atoms with Crippen LogP contribution in [-0.2, 0) is 4.79 Å². The number of alkyl halides is 4. The lowest BCUT2D eigenvalue weighted by molar-refractivity contribution is -0.149. The van der Waals surface area contributed by atoms with Gasteiger partial charge in [-0.25, -0.2) is 0 Å². The number of carbonyl (C=O) groups is 1. The van der Waals surface area contributed by atoms with Crippen LogP contribution in [0.3, 0.4) is 0 Å². The van der Waals surface area contributed by atoms with E-state index in [1.54, 1.807) is 13.8 Å². The van der Waals surface area contributed by atoms with E-state index in [9.17, 15) is 18.0 Å². The maximum atomic E-state index is 11.9. The van der Waals surface area contributed by atoms with E-state index in [-0.39, 0.29) is 6.04 Å². The number of rotatable bonds is 5. The molecule has 0 saturated heterocycles. The van der Waals surface area contributed by atoms with E-state index >= 15 is 0 Å². The quantitative estimate of drug-likeness (QED) is 0.713. The van der Waals surface area contributed by atoms with Crippen molar-refractivity contribution in [2.45, 2.75) is 38.9 Å². The Morgan fingerprint density at radius 1 is 1.40 bits per heavy atom. The average molecular weight is 290 g/mol. The maximum absolute atomic E-state index is 11.9. The molecule has 2 nitrogen and oxygen atoms in total. The molecule has 15 heavy (non-hydrogen) atoms. The predicted octanol–water partition coefficient (Wildman–Crippen LogP) is 2.96. The van der Waals surface area contributed by atoms with Crippen molar-refractivity contribution in [3.05, 3.63) is 0 Å². The van der Waals surface area contributed by atoms with Crippen molar-refractivity contribution >= 4 is 21.8 Å². The molecular weight excluding hydrogens is 275 g/mol. The summed E-state index contributed by atoms with van der Waals surface area (Å²) < 4.78 is 35.7. The fraction of sp³-hybridized carbons (Fsp3) is 0.889. The smallest absolute Gasteiger partial charge is 0.339 e. The molecule has 0 heterocycles. The van der Waals surface area contributed by atoms with Gasteiger partial charge in [0.15, 0.2) is 0 Å². The van der Waals surface area contributed by atoms with Crippen LogP contribution in [0.4, 0.5) is 13.2 Å². The zero-order valence-electron chi connectivity index (χ0n) is 8.77. The molecule has 6 heteroatoms. The fourth-order valence-corrected chi connectivity index (χ4v) is 1.54. The average Bonchev–Trinajstić information content (AvgIpc) is 2.08. The first-order chi connectivity index (χ1) is 6.78. The van der Waals surface area contributed by atoms with Crippen molar-refractivity contribution in [2.75, 3.05) is 11.9 Å². The number of hydrogen-bond donors (Lipinski definition) is 0. The first-order valence-electron chi connectivity index (χ1n) is 4.70. The summed E-state index contributed by atoms with van der Waals surface area (Å²) in [5.41, 5.74) is 0. The van der Waals surface area contributed by atoms with Crippen LogP contribution in [0.1, 0.15) is 26.7 Å². The van der Waals surface area contributed by atoms with Crippen molar-refractivity contribution in [1.29, 1.82) is 0 Å². The summed E-state index contributed by atoms with van der Waals surface area (Å²) >= 11 is 3.16. The standard InChI is InChI=1S/C9H15BrF3NO/c1-7(2)14(6-5-10)8(15)3-4-9(11,12)13/h7H,3-6H2,1-2H3. The van der Waals surface area contributed by atoms with Gasteiger partial charge in [-0.05, 0) is 13.8 Å². The van der Waals surface area contributed by atoms with E-state index in [1.165, 1.54) is 4.90 Å². The molecule has 1 amide bonds. The molecule has 0 spiro atoms. The van der Waals surface area contributed by atoms with Crippen LogP contribution in [0, 0.1) is 0 Å². The van der Waals surface area contributed by atoms with Crippen LogP contribution in [0.25, 0.3) is 0 Å². The number of nitrogens with zero attached hydrogens (tertiary/aromatic N) is 1. The highest BCUT2D eigenvalue weighted by Gasteiger charge is 2.29. The topological polar surface area (TPSA) is 20.3 Å². The number of carbonyl (C=O) groups excluding carboxylic acids is 1. The first-order valence-corrected chi connectivity index (χ1v) is 5.82. The van der Waals surface area contributed by atoms with Gasteiger partial charge in [0.2, 0.25) is 5.91 Å². The van der Waals surface area contributed by atoms with Crippen LogP contribution in [-0.4, -0.2) is 34.9 Å². The molecule has 0 bridgehead atoms. The van der Waals surface area contributed by atoms with Gasteiger partial charge in [0.25, 0.3) is 0 Å². The molecule has 0 unspecified atom stereocenters. The van der Waals surface area contributed by atoms with Crippen LogP contribution < -0.4 is 0 Å². The fourth-order valence-electron chi connectivity index (χ4n) is 1.15. The third-order valence-corrected chi connectivity index (χ3v) is 2.25. The van der Waals surface area contributed by atoms with E-state index in [0.717, 1.165) is 0 Å². The summed E-state index contributed by atoms with van der Waals surface area (Å²) in [6.07, 6.45) is -5.77. The lowest BCUT2D eigenvalue weighted by Gasteiger charge is -2.26. The molecule has 0 aromatic rings. The Morgan fingerprint density at radius 3 is 2.27 bits per heavy atom. The Morgan fingerprint density at radius 2 is 1.93 bits per heavy atom. The molecule has 0 fully saturated rings. The van der Waals surface area contributed by atoms with Gasteiger partial charge < -0.3 is 4.90 Å².